The highest BCUT2D eigenvalue weighted by molar-refractivity contribution is 8.27. The second-order valence-electron chi connectivity index (χ2n) is 8.22. The van der Waals surface area contributed by atoms with Gasteiger partial charge in [0.15, 0.2) is 4.32 Å². The molecule has 4 nitrogen and oxygen atoms in total. The molecule has 0 saturated carbocycles. The largest absolute Gasteiger partial charge is 0.340 e. The van der Waals surface area contributed by atoms with Gasteiger partial charge in [-0.3, -0.25) is 9.69 Å². The van der Waals surface area contributed by atoms with Crippen molar-refractivity contribution in [2.24, 2.45) is 0 Å². The summed E-state index contributed by atoms with van der Waals surface area (Å²) in [6.07, 6.45) is 1.96. The quantitative estimate of drug-likeness (QED) is 0.245. The third-order valence-electron chi connectivity index (χ3n) is 6.11. The number of carbonyl (C=O) groups excluding carboxylic acids is 1. The Labute approximate surface area is 208 Å². The predicted octanol–water partition coefficient (Wildman–Crippen LogP) is 6.58. The molecule has 6 heteroatoms. The normalized spacial score (nSPS) is 14.9. The number of thioether (sulfide) groups is 1. The maximum absolute atomic E-state index is 13.3. The lowest BCUT2D eigenvalue weighted by molar-refractivity contribution is -0.113. The number of amides is 1. The number of fused-ring (bicyclic) bond motifs is 1. The summed E-state index contributed by atoms with van der Waals surface area (Å²) in [7, 11) is 0. The smallest absolute Gasteiger partial charge is 0.270 e. The second-order valence-corrected chi connectivity index (χ2v) is 9.90. The lowest BCUT2D eigenvalue weighted by Crippen LogP contribution is -2.27. The molecule has 0 unspecified atom stereocenters. The lowest BCUT2D eigenvalue weighted by atomic mass is 10.1. The third-order valence-corrected chi connectivity index (χ3v) is 7.41. The molecule has 1 aliphatic rings. The molecule has 0 bridgehead atoms. The van der Waals surface area contributed by atoms with Crippen LogP contribution in [0.1, 0.15) is 27.9 Å². The van der Waals surface area contributed by atoms with Gasteiger partial charge in [-0.1, -0.05) is 78.1 Å². The van der Waals surface area contributed by atoms with Crippen LogP contribution >= 0.6 is 24.0 Å². The Balaban J connectivity index is 1.58. The standard InChI is InChI=1S/C28H21N3OS2/c1-18-11-13-22(14-12-18)31-27(32)26(34-28(31)33)15-24-19(2)30(25-10-6-5-9-23(24)25)17-21-8-4-3-7-20(21)16-29/h3-15H,17H2,1-2H3/b26-15+. The van der Waals surface area contributed by atoms with Crippen LogP contribution in [0.25, 0.3) is 17.0 Å². The Hall–Kier alpha value is -3.66. The minimum atomic E-state index is -0.107. The number of carbonyl (C=O) groups is 1. The fraction of sp³-hybridized carbons (Fsp3) is 0.107. The van der Waals surface area contributed by atoms with Gasteiger partial charge in [0.05, 0.1) is 22.2 Å². The Morgan fingerprint density at radius 3 is 2.47 bits per heavy atom. The molecule has 3 aromatic carbocycles. The van der Waals surface area contributed by atoms with E-state index in [0.717, 1.165) is 39.0 Å². The molecule has 1 saturated heterocycles. The highest BCUT2D eigenvalue weighted by Crippen LogP contribution is 2.38. The van der Waals surface area contributed by atoms with E-state index >= 15 is 0 Å². The van der Waals surface area contributed by atoms with Crippen LogP contribution in [-0.2, 0) is 11.3 Å². The molecule has 0 N–H and O–H groups in total. The molecule has 1 aromatic heterocycles. The minimum absolute atomic E-state index is 0.107. The number of aromatic nitrogens is 1. The van der Waals surface area contributed by atoms with Gasteiger partial charge in [0.2, 0.25) is 0 Å². The number of hydrogen-bond donors (Lipinski definition) is 0. The number of para-hydroxylation sites is 1. The SMILES string of the molecule is Cc1ccc(N2C(=O)/C(=C\c3c(C)n(Cc4ccccc4C#N)c4ccccc34)SC2=S)cc1. The molecule has 0 atom stereocenters. The van der Waals surface area contributed by atoms with Gasteiger partial charge in [0.25, 0.3) is 5.91 Å². The Bertz CT molecular complexity index is 1520. The van der Waals surface area contributed by atoms with Crippen LogP contribution in [0.3, 0.4) is 0 Å². The van der Waals surface area contributed by atoms with Crippen LogP contribution in [0.15, 0.2) is 77.7 Å². The molecule has 2 heterocycles. The number of rotatable bonds is 4. The number of nitriles is 1. The van der Waals surface area contributed by atoms with Crippen LogP contribution in [0, 0.1) is 25.2 Å². The number of benzene rings is 3. The second kappa shape index (κ2) is 8.94. The van der Waals surface area contributed by atoms with Crippen molar-refractivity contribution in [3.05, 3.63) is 106 Å². The van der Waals surface area contributed by atoms with Gasteiger partial charge in [-0.15, -0.1) is 0 Å². The van der Waals surface area contributed by atoms with Crippen molar-refractivity contribution in [3.8, 4) is 6.07 Å². The monoisotopic (exact) mass is 479 g/mol. The first-order valence-electron chi connectivity index (χ1n) is 10.9. The van der Waals surface area contributed by atoms with Crippen molar-refractivity contribution < 1.29 is 4.79 Å². The Morgan fingerprint density at radius 2 is 1.71 bits per heavy atom. The zero-order chi connectivity index (χ0) is 23.8. The van der Waals surface area contributed by atoms with E-state index in [2.05, 4.69) is 29.7 Å². The summed E-state index contributed by atoms with van der Waals surface area (Å²) in [6, 6.07) is 25.9. The molecule has 1 aliphatic heterocycles. The van der Waals surface area contributed by atoms with Crippen molar-refractivity contribution in [1.82, 2.24) is 4.57 Å². The summed E-state index contributed by atoms with van der Waals surface area (Å²) < 4.78 is 2.74. The zero-order valence-electron chi connectivity index (χ0n) is 18.8. The average molecular weight is 480 g/mol. The van der Waals surface area contributed by atoms with Gasteiger partial charge in [0.1, 0.15) is 0 Å². The van der Waals surface area contributed by atoms with Crippen molar-refractivity contribution in [2.75, 3.05) is 4.90 Å². The van der Waals surface area contributed by atoms with E-state index in [0.29, 0.717) is 21.3 Å². The third kappa shape index (κ3) is 3.83. The van der Waals surface area contributed by atoms with Crippen LogP contribution in [0.2, 0.25) is 0 Å². The van der Waals surface area contributed by atoms with Gasteiger partial charge in [-0.05, 0) is 49.8 Å². The van der Waals surface area contributed by atoms with Crippen molar-refractivity contribution in [3.63, 3.8) is 0 Å². The van der Waals surface area contributed by atoms with Crippen LogP contribution in [0.4, 0.5) is 5.69 Å². The van der Waals surface area contributed by atoms with E-state index in [1.54, 1.807) is 4.90 Å². The van der Waals surface area contributed by atoms with E-state index in [9.17, 15) is 10.1 Å². The number of hydrogen-bond acceptors (Lipinski definition) is 4. The number of aryl methyl sites for hydroxylation is 1. The number of anilines is 1. The highest BCUT2D eigenvalue weighted by Gasteiger charge is 2.33. The molecule has 0 spiro atoms. The van der Waals surface area contributed by atoms with Crippen molar-refractivity contribution in [2.45, 2.75) is 20.4 Å². The van der Waals surface area contributed by atoms with Crippen LogP contribution in [0.5, 0.6) is 0 Å². The van der Waals surface area contributed by atoms with Crippen molar-refractivity contribution >= 4 is 56.9 Å². The molecule has 0 aliphatic carbocycles. The van der Waals surface area contributed by atoms with Crippen LogP contribution in [-0.4, -0.2) is 14.8 Å². The molecular weight excluding hydrogens is 458 g/mol. The first-order chi connectivity index (χ1) is 16.5. The molecule has 4 aromatic rings. The topological polar surface area (TPSA) is 49.0 Å². The molecule has 5 rings (SSSR count). The molecule has 1 fully saturated rings. The van der Waals surface area contributed by atoms with Gasteiger partial charge >= 0.3 is 0 Å². The van der Waals surface area contributed by atoms with Crippen LogP contribution < -0.4 is 4.90 Å². The predicted molar refractivity (Wildman–Crippen MR) is 144 cm³/mol. The summed E-state index contributed by atoms with van der Waals surface area (Å²) in [4.78, 5) is 15.5. The molecule has 1 amide bonds. The average Bonchev–Trinajstić information content (AvgIpc) is 3.28. The Kier molecular flexibility index (Phi) is 5.82. The first-order valence-corrected chi connectivity index (χ1v) is 12.1. The molecular formula is C28H21N3OS2. The van der Waals surface area contributed by atoms with E-state index in [-0.39, 0.29) is 5.91 Å². The Morgan fingerprint density at radius 1 is 1.00 bits per heavy atom. The van der Waals surface area contributed by atoms with Crippen molar-refractivity contribution in [1.29, 1.82) is 5.26 Å². The zero-order valence-corrected chi connectivity index (χ0v) is 20.4. The van der Waals surface area contributed by atoms with E-state index in [4.69, 9.17) is 12.2 Å². The lowest BCUT2D eigenvalue weighted by Gasteiger charge is -2.14. The molecule has 0 radical (unpaired) electrons. The summed E-state index contributed by atoms with van der Waals surface area (Å²) in [5, 5.41) is 10.6. The molecule has 166 valence electrons. The maximum Gasteiger partial charge on any atom is 0.270 e. The van der Waals surface area contributed by atoms with E-state index < -0.39 is 0 Å². The number of nitrogens with zero attached hydrogens (tertiary/aromatic N) is 3. The van der Waals surface area contributed by atoms with Gasteiger partial charge in [0, 0.05) is 28.7 Å². The first kappa shape index (κ1) is 22.1. The summed E-state index contributed by atoms with van der Waals surface area (Å²) in [6.45, 7) is 4.65. The van der Waals surface area contributed by atoms with E-state index in [1.807, 2.05) is 73.7 Å². The van der Waals surface area contributed by atoms with Gasteiger partial charge in [-0.2, -0.15) is 5.26 Å². The fourth-order valence-corrected chi connectivity index (χ4v) is 5.58. The highest BCUT2D eigenvalue weighted by atomic mass is 32.2. The summed E-state index contributed by atoms with van der Waals surface area (Å²) >= 11 is 6.89. The van der Waals surface area contributed by atoms with E-state index in [1.165, 1.54) is 11.8 Å². The maximum atomic E-state index is 13.3. The number of thiocarbonyl (C=S) groups is 1. The summed E-state index contributed by atoms with van der Waals surface area (Å²) in [5.41, 5.74) is 6.64. The summed E-state index contributed by atoms with van der Waals surface area (Å²) in [5.74, 6) is -0.107. The fourth-order valence-electron chi connectivity index (χ4n) is 4.30. The van der Waals surface area contributed by atoms with Gasteiger partial charge in [-0.25, -0.2) is 0 Å². The van der Waals surface area contributed by atoms with Gasteiger partial charge < -0.3 is 4.57 Å². The minimum Gasteiger partial charge on any atom is -0.340 e. The molecule has 34 heavy (non-hydrogen) atoms.